The van der Waals surface area contributed by atoms with Crippen molar-refractivity contribution < 1.29 is 45.3 Å². The van der Waals surface area contributed by atoms with Gasteiger partial charge in [-0.25, -0.2) is 22.0 Å². The monoisotopic (exact) mass is 330 g/mol. The SMILES string of the molecule is Oc1c(F)c(F)c(-c2c(O)c(F)c(F)c(F)c2F)c(F)c1F. The van der Waals surface area contributed by atoms with Crippen molar-refractivity contribution in [2.75, 3.05) is 0 Å². The van der Waals surface area contributed by atoms with Gasteiger partial charge in [0, 0.05) is 0 Å². The summed E-state index contributed by atoms with van der Waals surface area (Å²) in [6, 6.07) is 0. The summed E-state index contributed by atoms with van der Waals surface area (Å²) < 4.78 is 106. The molecule has 2 aromatic carbocycles. The number of halogens is 8. The van der Waals surface area contributed by atoms with E-state index in [9.17, 15) is 40.2 Å². The van der Waals surface area contributed by atoms with Crippen LogP contribution >= 0.6 is 0 Å². The molecule has 2 N–H and O–H groups in total. The summed E-state index contributed by atoms with van der Waals surface area (Å²) in [5, 5.41) is 17.9. The minimum Gasteiger partial charge on any atom is -0.504 e. The number of hydrogen-bond acceptors (Lipinski definition) is 2. The Balaban J connectivity index is 3.03. The third kappa shape index (κ3) is 1.94. The normalized spacial score (nSPS) is 11.1. The van der Waals surface area contributed by atoms with Crippen molar-refractivity contribution in [1.82, 2.24) is 0 Å². The Morgan fingerprint density at radius 3 is 1.14 bits per heavy atom. The molecule has 0 aliphatic heterocycles. The first-order chi connectivity index (χ1) is 10.1. The fraction of sp³-hybridized carbons (Fsp3) is 0. The average Bonchev–Trinajstić information content (AvgIpc) is 2.50. The van der Waals surface area contributed by atoms with E-state index in [0.29, 0.717) is 0 Å². The molecule has 0 bridgehead atoms. The molecule has 0 aliphatic carbocycles. The Morgan fingerprint density at radius 2 is 0.682 bits per heavy atom. The zero-order valence-corrected chi connectivity index (χ0v) is 9.92. The molecular formula is C12H2F8O2. The minimum atomic E-state index is -2.57. The highest BCUT2D eigenvalue weighted by atomic mass is 19.2. The fourth-order valence-corrected chi connectivity index (χ4v) is 1.69. The second-order valence-corrected chi connectivity index (χ2v) is 3.96. The van der Waals surface area contributed by atoms with Crippen molar-refractivity contribution in [2.24, 2.45) is 0 Å². The quantitative estimate of drug-likeness (QED) is 0.473. The van der Waals surface area contributed by atoms with Crippen molar-refractivity contribution in [3.8, 4) is 22.6 Å². The molecular weight excluding hydrogens is 328 g/mol. The van der Waals surface area contributed by atoms with Crippen LogP contribution in [0.5, 0.6) is 11.5 Å². The van der Waals surface area contributed by atoms with Gasteiger partial charge in [0.25, 0.3) is 0 Å². The van der Waals surface area contributed by atoms with Crippen LogP contribution in [0.1, 0.15) is 0 Å². The predicted molar refractivity (Wildman–Crippen MR) is 54.9 cm³/mol. The summed E-state index contributed by atoms with van der Waals surface area (Å²) in [7, 11) is 0. The first kappa shape index (κ1) is 15.9. The van der Waals surface area contributed by atoms with E-state index in [-0.39, 0.29) is 0 Å². The second-order valence-electron chi connectivity index (χ2n) is 3.96. The van der Waals surface area contributed by atoms with Crippen molar-refractivity contribution in [3.05, 3.63) is 46.5 Å². The van der Waals surface area contributed by atoms with Crippen molar-refractivity contribution in [2.45, 2.75) is 0 Å². The molecule has 0 aromatic heterocycles. The van der Waals surface area contributed by atoms with Gasteiger partial charge < -0.3 is 10.2 Å². The van der Waals surface area contributed by atoms with Crippen LogP contribution in [0.3, 0.4) is 0 Å². The number of phenols is 2. The van der Waals surface area contributed by atoms with Gasteiger partial charge >= 0.3 is 0 Å². The molecule has 0 saturated heterocycles. The molecule has 0 heterocycles. The van der Waals surface area contributed by atoms with Crippen molar-refractivity contribution in [3.63, 3.8) is 0 Å². The summed E-state index contributed by atoms with van der Waals surface area (Å²) in [5.41, 5.74) is -4.04. The van der Waals surface area contributed by atoms with Crippen LogP contribution in [0.2, 0.25) is 0 Å². The van der Waals surface area contributed by atoms with Crippen LogP contribution < -0.4 is 0 Å². The van der Waals surface area contributed by atoms with E-state index in [4.69, 9.17) is 5.11 Å². The van der Waals surface area contributed by atoms with E-state index in [1.165, 1.54) is 0 Å². The lowest BCUT2D eigenvalue weighted by molar-refractivity contribution is 0.353. The lowest BCUT2D eigenvalue weighted by Crippen LogP contribution is -2.05. The van der Waals surface area contributed by atoms with Gasteiger partial charge in [-0.05, 0) is 0 Å². The topological polar surface area (TPSA) is 40.5 Å². The molecule has 0 amide bonds. The van der Waals surface area contributed by atoms with Crippen LogP contribution in [0.25, 0.3) is 11.1 Å². The molecule has 0 spiro atoms. The first-order valence-corrected chi connectivity index (χ1v) is 5.21. The molecule has 0 unspecified atom stereocenters. The highest BCUT2D eigenvalue weighted by molar-refractivity contribution is 5.73. The lowest BCUT2D eigenvalue weighted by Gasteiger charge is -2.12. The van der Waals surface area contributed by atoms with Gasteiger partial charge in [0.2, 0.25) is 23.3 Å². The maximum atomic E-state index is 13.6. The molecule has 0 radical (unpaired) electrons. The molecule has 2 nitrogen and oxygen atoms in total. The lowest BCUT2D eigenvalue weighted by atomic mass is 10.0. The third-order valence-corrected chi connectivity index (χ3v) is 2.73. The zero-order chi connectivity index (χ0) is 16.9. The van der Waals surface area contributed by atoms with E-state index >= 15 is 0 Å². The molecule has 2 rings (SSSR count). The molecule has 118 valence electrons. The summed E-state index contributed by atoms with van der Waals surface area (Å²) >= 11 is 0. The maximum absolute atomic E-state index is 13.6. The zero-order valence-electron chi connectivity index (χ0n) is 9.92. The molecule has 0 fully saturated rings. The smallest absolute Gasteiger partial charge is 0.204 e. The van der Waals surface area contributed by atoms with Gasteiger partial charge in [0.15, 0.2) is 34.8 Å². The Kier molecular flexibility index (Phi) is 3.63. The number of benzene rings is 2. The van der Waals surface area contributed by atoms with E-state index in [2.05, 4.69) is 0 Å². The third-order valence-electron chi connectivity index (χ3n) is 2.73. The van der Waals surface area contributed by atoms with Gasteiger partial charge in [-0.1, -0.05) is 0 Å². The van der Waals surface area contributed by atoms with Gasteiger partial charge in [-0.3, -0.25) is 0 Å². The molecule has 22 heavy (non-hydrogen) atoms. The minimum absolute atomic E-state index is 1.98. The average molecular weight is 330 g/mol. The van der Waals surface area contributed by atoms with E-state index < -0.39 is 69.2 Å². The highest BCUT2D eigenvalue weighted by Gasteiger charge is 2.33. The predicted octanol–water partition coefficient (Wildman–Crippen LogP) is 3.88. The molecule has 0 aliphatic rings. The van der Waals surface area contributed by atoms with Crippen LogP contribution in [0, 0.1) is 46.5 Å². The second kappa shape index (κ2) is 5.04. The highest BCUT2D eigenvalue weighted by Crippen LogP contribution is 2.42. The van der Waals surface area contributed by atoms with Gasteiger partial charge in [-0.2, -0.15) is 13.2 Å². The Morgan fingerprint density at radius 1 is 0.364 bits per heavy atom. The largest absolute Gasteiger partial charge is 0.504 e. The van der Waals surface area contributed by atoms with Crippen LogP contribution in [0.15, 0.2) is 0 Å². The molecule has 0 saturated carbocycles. The summed E-state index contributed by atoms with van der Waals surface area (Å²) in [6.07, 6.45) is 0. The van der Waals surface area contributed by atoms with Gasteiger partial charge in [0.05, 0.1) is 11.1 Å². The van der Waals surface area contributed by atoms with Crippen LogP contribution in [-0.4, -0.2) is 10.2 Å². The van der Waals surface area contributed by atoms with Crippen molar-refractivity contribution >= 4 is 0 Å². The molecule has 2 aromatic rings. The Bertz CT molecular complexity index is 677. The van der Waals surface area contributed by atoms with Gasteiger partial charge in [0.1, 0.15) is 0 Å². The summed E-state index contributed by atoms with van der Waals surface area (Å²) in [6.45, 7) is 0. The van der Waals surface area contributed by atoms with E-state index in [1.807, 2.05) is 0 Å². The molecule has 10 heteroatoms. The van der Waals surface area contributed by atoms with Crippen LogP contribution in [-0.2, 0) is 0 Å². The Labute approximate surface area is 115 Å². The summed E-state index contributed by atoms with van der Waals surface area (Å²) in [5.74, 6) is -23.9. The number of hydrogen-bond donors (Lipinski definition) is 2. The number of aromatic hydroxyl groups is 2. The fourth-order valence-electron chi connectivity index (χ4n) is 1.69. The first-order valence-electron chi connectivity index (χ1n) is 5.21. The summed E-state index contributed by atoms with van der Waals surface area (Å²) in [4.78, 5) is 0. The molecule has 0 atom stereocenters. The number of phenolic OH excluding ortho intramolecular Hbond substituents is 2. The standard InChI is InChI=1S/C12H2F8O2/c13-3-1(4(14)9(19)12(22)8(3)18)2-5(15)6(16)7(17)10(20)11(2)21/h21-22H. The van der Waals surface area contributed by atoms with Gasteiger partial charge in [-0.15, -0.1) is 0 Å². The van der Waals surface area contributed by atoms with Crippen LogP contribution in [0.4, 0.5) is 35.1 Å². The van der Waals surface area contributed by atoms with E-state index in [1.54, 1.807) is 0 Å². The maximum Gasteiger partial charge on any atom is 0.204 e. The Hall–Kier alpha value is -2.52. The van der Waals surface area contributed by atoms with Crippen molar-refractivity contribution in [1.29, 1.82) is 0 Å². The number of rotatable bonds is 1. The van der Waals surface area contributed by atoms with E-state index in [0.717, 1.165) is 0 Å².